The standard InChI is InChI=1S/C31H24N10O2/c1-20-10-11-21(17-25(20)37-31-35-16-12-23(36-31)22-7-6-13-32-19-22)29(42)38-39-30(43)26-18-27(24-8-2-4-14-33-24)41(40-26)28-9-3-5-15-34-28/h2-19H,1H3,(H,38,42)(H,39,43)(H,35,36,37). The van der Waals surface area contributed by atoms with E-state index in [1.54, 1.807) is 79.5 Å². The Morgan fingerprint density at radius 1 is 0.744 bits per heavy atom. The zero-order valence-electron chi connectivity index (χ0n) is 22.8. The fourth-order valence-corrected chi connectivity index (χ4v) is 4.20. The predicted molar refractivity (Wildman–Crippen MR) is 159 cm³/mol. The molecule has 3 N–H and O–H groups in total. The number of amides is 2. The Morgan fingerprint density at radius 3 is 2.35 bits per heavy atom. The van der Waals surface area contributed by atoms with E-state index in [-0.39, 0.29) is 5.69 Å². The number of carbonyl (C=O) groups excluding carboxylic acids is 2. The Kier molecular flexibility index (Phi) is 7.54. The molecule has 210 valence electrons. The minimum atomic E-state index is -0.605. The van der Waals surface area contributed by atoms with Crippen LogP contribution < -0.4 is 16.2 Å². The van der Waals surface area contributed by atoms with E-state index in [0.29, 0.717) is 40.1 Å². The summed E-state index contributed by atoms with van der Waals surface area (Å²) in [5.74, 6) is -0.245. The van der Waals surface area contributed by atoms with Gasteiger partial charge in [0.05, 0.1) is 17.1 Å². The first-order valence-electron chi connectivity index (χ1n) is 13.2. The summed E-state index contributed by atoms with van der Waals surface area (Å²) in [4.78, 5) is 47.8. The molecule has 0 spiro atoms. The van der Waals surface area contributed by atoms with Crippen LogP contribution in [-0.2, 0) is 0 Å². The van der Waals surface area contributed by atoms with Crippen LogP contribution in [0.2, 0.25) is 0 Å². The number of pyridine rings is 3. The molecule has 43 heavy (non-hydrogen) atoms. The molecule has 0 atom stereocenters. The average Bonchev–Trinajstić information content (AvgIpc) is 3.52. The number of benzene rings is 1. The van der Waals surface area contributed by atoms with Crippen LogP contribution in [0.3, 0.4) is 0 Å². The van der Waals surface area contributed by atoms with Crippen molar-refractivity contribution < 1.29 is 9.59 Å². The first-order chi connectivity index (χ1) is 21.0. The van der Waals surface area contributed by atoms with Crippen LogP contribution in [0.25, 0.3) is 28.5 Å². The van der Waals surface area contributed by atoms with E-state index in [0.717, 1.165) is 11.1 Å². The normalized spacial score (nSPS) is 10.6. The molecule has 0 fully saturated rings. The quantitative estimate of drug-likeness (QED) is 0.239. The van der Waals surface area contributed by atoms with Crippen molar-refractivity contribution in [3.63, 3.8) is 0 Å². The Hall–Kier alpha value is -6.30. The summed E-state index contributed by atoms with van der Waals surface area (Å²) in [6.45, 7) is 1.90. The van der Waals surface area contributed by atoms with E-state index < -0.39 is 11.8 Å². The Bertz CT molecular complexity index is 1840. The zero-order valence-corrected chi connectivity index (χ0v) is 22.8. The summed E-state index contributed by atoms with van der Waals surface area (Å²) >= 11 is 0. The van der Waals surface area contributed by atoms with Crippen LogP contribution in [0.4, 0.5) is 11.6 Å². The highest BCUT2D eigenvalue weighted by molar-refractivity contribution is 5.99. The maximum Gasteiger partial charge on any atom is 0.290 e. The van der Waals surface area contributed by atoms with Gasteiger partial charge in [0.15, 0.2) is 11.5 Å². The summed E-state index contributed by atoms with van der Waals surface area (Å²) < 4.78 is 1.53. The number of aromatic nitrogens is 7. The molecule has 0 radical (unpaired) electrons. The number of hydrogen-bond donors (Lipinski definition) is 3. The second kappa shape index (κ2) is 12.1. The van der Waals surface area contributed by atoms with Crippen LogP contribution in [0.15, 0.2) is 110 Å². The lowest BCUT2D eigenvalue weighted by Gasteiger charge is -2.12. The minimum absolute atomic E-state index is 0.0727. The monoisotopic (exact) mass is 568 g/mol. The highest BCUT2D eigenvalue weighted by Gasteiger charge is 2.19. The number of anilines is 2. The van der Waals surface area contributed by atoms with Crippen molar-refractivity contribution in [2.24, 2.45) is 0 Å². The van der Waals surface area contributed by atoms with Gasteiger partial charge in [0, 0.05) is 47.8 Å². The molecule has 1 aromatic carbocycles. The van der Waals surface area contributed by atoms with E-state index in [1.165, 1.54) is 4.68 Å². The molecule has 5 heterocycles. The van der Waals surface area contributed by atoms with Crippen molar-refractivity contribution in [1.29, 1.82) is 0 Å². The molecule has 5 aromatic heterocycles. The van der Waals surface area contributed by atoms with Gasteiger partial charge < -0.3 is 5.32 Å². The highest BCUT2D eigenvalue weighted by Crippen LogP contribution is 2.23. The molecule has 0 bridgehead atoms. The van der Waals surface area contributed by atoms with Crippen molar-refractivity contribution in [2.75, 3.05) is 5.32 Å². The van der Waals surface area contributed by atoms with E-state index in [9.17, 15) is 9.59 Å². The minimum Gasteiger partial charge on any atom is -0.324 e. The molecule has 0 aliphatic rings. The summed E-state index contributed by atoms with van der Waals surface area (Å²) in [6.07, 6.45) is 8.35. The first-order valence-corrected chi connectivity index (χ1v) is 13.2. The van der Waals surface area contributed by atoms with Gasteiger partial charge >= 0.3 is 0 Å². The van der Waals surface area contributed by atoms with Crippen molar-refractivity contribution in [3.05, 3.63) is 127 Å². The third kappa shape index (κ3) is 6.07. The number of rotatable bonds is 7. The van der Waals surface area contributed by atoms with Gasteiger partial charge in [-0.25, -0.2) is 19.6 Å². The van der Waals surface area contributed by atoms with Crippen molar-refractivity contribution in [2.45, 2.75) is 6.92 Å². The molecular formula is C31H24N10O2. The topological polar surface area (TPSA) is 152 Å². The number of hydrogen-bond acceptors (Lipinski definition) is 9. The third-order valence-corrected chi connectivity index (χ3v) is 6.38. The molecule has 0 saturated carbocycles. The third-order valence-electron chi connectivity index (χ3n) is 6.38. The van der Waals surface area contributed by atoms with Gasteiger partial charge in [-0.3, -0.25) is 30.4 Å². The number of carbonyl (C=O) groups is 2. The second-order valence-electron chi connectivity index (χ2n) is 9.30. The summed E-state index contributed by atoms with van der Waals surface area (Å²) in [7, 11) is 0. The second-order valence-corrected chi connectivity index (χ2v) is 9.30. The van der Waals surface area contributed by atoms with Gasteiger partial charge in [-0.1, -0.05) is 18.2 Å². The molecule has 0 aliphatic carbocycles. The SMILES string of the molecule is Cc1ccc(C(=O)NNC(=O)c2cc(-c3ccccn3)n(-c3ccccn3)n2)cc1Nc1nccc(-c2cccnc2)n1. The number of aryl methyl sites for hydroxylation is 1. The molecule has 6 aromatic rings. The average molecular weight is 569 g/mol. The fraction of sp³-hybridized carbons (Fsp3) is 0.0323. The van der Waals surface area contributed by atoms with E-state index in [1.807, 2.05) is 37.3 Å². The van der Waals surface area contributed by atoms with E-state index in [2.05, 4.69) is 46.2 Å². The fourth-order valence-electron chi connectivity index (χ4n) is 4.20. The van der Waals surface area contributed by atoms with Crippen LogP contribution in [0.5, 0.6) is 0 Å². The Balaban J connectivity index is 1.17. The van der Waals surface area contributed by atoms with Crippen LogP contribution in [0.1, 0.15) is 26.4 Å². The lowest BCUT2D eigenvalue weighted by Crippen LogP contribution is -2.41. The lowest BCUT2D eigenvalue weighted by molar-refractivity contribution is 0.0843. The van der Waals surface area contributed by atoms with Gasteiger partial charge in [-0.15, -0.1) is 0 Å². The molecular weight excluding hydrogens is 544 g/mol. The summed E-state index contributed by atoms with van der Waals surface area (Å²) in [6, 6.07) is 23.1. The van der Waals surface area contributed by atoms with Crippen molar-refractivity contribution in [1.82, 2.24) is 45.6 Å². The first kappa shape index (κ1) is 26.9. The summed E-state index contributed by atoms with van der Waals surface area (Å²) in [5.41, 5.74) is 9.53. The van der Waals surface area contributed by atoms with E-state index >= 15 is 0 Å². The van der Waals surface area contributed by atoms with Gasteiger partial charge in [0.1, 0.15) is 0 Å². The number of nitrogens with one attached hydrogen (secondary N) is 3. The number of nitrogens with zero attached hydrogens (tertiary/aromatic N) is 7. The Morgan fingerprint density at radius 2 is 1.58 bits per heavy atom. The molecule has 0 saturated heterocycles. The molecule has 0 aliphatic heterocycles. The molecule has 0 unspecified atom stereocenters. The molecule has 12 heteroatoms. The summed E-state index contributed by atoms with van der Waals surface area (Å²) in [5, 5.41) is 7.61. The van der Waals surface area contributed by atoms with Gasteiger partial charge in [0.2, 0.25) is 5.95 Å². The highest BCUT2D eigenvalue weighted by atomic mass is 16.2. The van der Waals surface area contributed by atoms with Crippen LogP contribution in [0, 0.1) is 6.92 Å². The van der Waals surface area contributed by atoms with Gasteiger partial charge in [-0.2, -0.15) is 5.10 Å². The van der Waals surface area contributed by atoms with Gasteiger partial charge in [0.25, 0.3) is 11.8 Å². The van der Waals surface area contributed by atoms with Gasteiger partial charge in [-0.05, 0) is 73.2 Å². The number of hydrazine groups is 1. The molecule has 6 rings (SSSR count). The maximum atomic E-state index is 13.0. The van der Waals surface area contributed by atoms with E-state index in [4.69, 9.17) is 0 Å². The zero-order chi connectivity index (χ0) is 29.6. The molecule has 2 amide bonds. The lowest BCUT2D eigenvalue weighted by atomic mass is 10.1. The smallest absolute Gasteiger partial charge is 0.290 e. The van der Waals surface area contributed by atoms with Crippen LogP contribution in [-0.4, -0.2) is 46.5 Å². The van der Waals surface area contributed by atoms with Crippen LogP contribution >= 0.6 is 0 Å². The van der Waals surface area contributed by atoms with Crippen molar-refractivity contribution in [3.8, 4) is 28.5 Å². The maximum absolute atomic E-state index is 13.0. The molecule has 12 nitrogen and oxygen atoms in total. The largest absolute Gasteiger partial charge is 0.324 e. The Labute approximate surface area is 245 Å². The predicted octanol–water partition coefficient (Wildman–Crippen LogP) is 4.31. The van der Waals surface area contributed by atoms with Crippen molar-refractivity contribution >= 4 is 23.5 Å².